The molecule has 2 heterocycles. The van der Waals surface area contributed by atoms with E-state index in [-0.39, 0.29) is 0 Å². The van der Waals surface area contributed by atoms with Gasteiger partial charge in [-0.2, -0.15) is 0 Å². The molecule has 0 saturated heterocycles. The molecule has 5 nitrogen and oxygen atoms in total. The van der Waals surface area contributed by atoms with Gasteiger partial charge >= 0.3 is 0 Å². The summed E-state index contributed by atoms with van der Waals surface area (Å²) in [5.41, 5.74) is 1.12. The Hall–Kier alpha value is -1.43. The molecule has 0 aliphatic carbocycles. The SMILES string of the molecule is CCn1cnnc1CNc1ncc(C)cc1Br. The lowest BCUT2D eigenvalue weighted by molar-refractivity contribution is 0.707. The van der Waals surface area contributed by atoms with E-state index >= 15 is 0 Å². The fourth-order valence-electron chi connectivity index (χ4n) is 1.51. The summed E-state index contributed by atoms with van der Waals surface area (Å²) in [5, 5.41) is 11.2. The van der Waals surface area contributed by atoms with E-state index in [1.165, 1.54) is 0 Å². The first-order valence-corrected chi connectivity index (χ1v) is 6.22. The number of hydrogen-bond acceptors (Lipinski definition) is 4. The Balaban J connectivity index is 2.07. The van der Waals surface area contributed by atoms with Crippen molar-refractivity contribution < 1.29 is 0 Å². The summed E-state index contributed by atoms with van der Waals surface area (Å²) >= 11 is 3.48. The van der Waals surface area contributed by atoms with Crippen molar-refractivity contribution in [2.24, 2.45) is 0 Å². The van der Waals surface area contributed by atoms with E-state index in [4.69, 9.17) is 0 Å². The highest BCUT2D eigenvalue weighted by molar-refractivity contribution is 9.10. The standard InChI is InChI=1S/C11H14BrN5/c1-3-17-7-15-16-10(17)6-14-11-9(12)4-8(2)5-13-11/h4-5,7H,3,6H2,1-2H3,(H,13,14). The molecule has 17 heavy (non-hydrogen) atoms. The zero-order chi connectivity index (χ0) is 12.3. The maximum absolute atomic E-state index is 4.32. The fourth-order valence-corrected chi connectivity index (χ4v) is 2.11. The topological polar surface area (TPSA) is 55.6 Å². The van der Waals surface area contributed by atoms with Crippen molar-refractivity contribution in [2.75, 3.05) is 5.32 Å². The van der Waals surface area contributed by atoms with Crippen LogP contribution in [0.5, 0.6) is 0 Å². The van der Waals surface area contributed by atoms with Crippen molar-refractivity contribution in [1.29, 1.82) is 0 Å². The number of halogens is 1. The van der Waals surface area contributed by atoms with E-state index < -0.39 is 0 Å². The molecule has 1 N–H and O–H groups in total. The summed E-state index contributed by atoms with van der Waals surface area (Å²) in [6.45, 7) is 5.55. The highest BCUT2D eigenvalue weighted by Crippen LogP contribution is 2.20. The van der Waals surface area contributed by atoms with Crippen LogP contribution in [0.3, 0.4) is 0 Å². The first kappa shape index (κ1) is 12.0. The van der Waals surface area contributed by atoms with Crippen LogP contribution in [-0.4, -0.2) is 19.7 Å². The minimum absolute atomic E-state index is 0.614. The van der Waals surface area contributed by atoms with Crippen LogP contribution in [0.15, 0.2) is 23.1 Å². The van der Waals surface area contributed by atoms with Crippen molar-refractivity contribution in [2.45, 2.75) is 26.9 Å². The third kappa shape index (κ3) is 2.82. The molecule has 0 amide bonds. The van der Waals surface area contributed by atoms with E-state index in [1.807, 2.05) is 23.8 Å². The smallest absolute Gasteiger partial charge is 0.152 e. The highest BCUT2D eigenvalue weighted by Gasteiger charge is 2.05. The van der Waals surface area contributed by atoms with Gasteiger partial charge in [-0.3, -0.25) is 0 Å². The number of rotatable bonds is 4. The summed E-state index contributed by atoms with van der Waals surface area (Å²) in [7, 11) is 0. The van der Waals surface area contributed by atoms with Crippen molar-refractivity contribution in [3.63, 3.8) is 0 Å². The zero-order valence-corrected chi connectivity index (χ0v) is 11.4. The van der Waals surface area contributed by atoms with Gasteiger partial charge in [-0.05, 0) is 41.4 Å². The van der Waals surface area contributed by atoms with Crippen LogP contribution in [0.4, 0.5) is 5.82 Å². The average molecular weight is 296 g/mol. The fraction of sp³-hybridized carbons (Fsp3) is 0.364. The lowest BCUT2D eigenvalue weighted by Gasteiger charge is -2.08. The molecule has 0 spiro atoms. The quantitative estimate of drug-likeness (QED) is 0.941. The number of nitrogens with zero attached hydrogens (tertiary/aromatic N) is 4. The average Bonchev–Trinajstić information content (AvgIpc) is 2.75. The number of anilines is 1. The first-order valence-electron chi connectivity index (χ1n) is 5.43. The Labute approximate surface area is 108 Å². The largest absolute Gasteiger partial charge is 0.362 e. The van der Waals surface area contributed by atoms with Crippen molar-refractivity contribution >= 4 is 21.7 Å². The van der Waals surface area contributed by atoms with Crippen molar-refractivity contribution in [3.8, 4) is 0 Å². The van der Waals surface area contributed by atoms with Gasteiger partial charge in [-0.1, -0.05) is 0 Å². The molecular weight excluding hydrogens is 282 g/mol. The van der Waals surface area contributed by atoms with Crippen molar-refractivity contribution in [3.05, 3.63) is 34.5 Å². The van der Waals surface area contributed by atoms with Crippen LogP contribution in [0.2, 0.25) is 0 Å². The van der Waals surface area contributed by atoms with Crippen LogP contribution in [0.1, 0.15) is 18.3 Å². The molecule has 90 valence electrons. The van der Waals surface area contributed by atoms with Crippen LogP contribution >= 0.6 is 15.9 Å². The minimum Gasteiger partial charge on any atom is -0.362 e. The summed E-state index contributed by atoms with van der Waals surface area (Å²) in [5.74, 6) is 1.73. The molecule has 0 aromatic carbocycles. The maximum atomic E-state index is 4.32. The van der Waals surface area contributed by atoms with Gasteiger partial charge < -0.3 is 9.88 Å². The van der Waals surface area contributed by atoms with Crippen molar-refractivity contribution in [1.82, 2.24) is 19.7 Å². The van der Waals surface area contributed by atoms with Crippen LogP contribution in [0.25, 0.3) is 0 Å². The summed E-state index contributed by atoms with van der Waals surface area (Å²) < 4.78 is 2.95. The molecule has 0 saturated carbocycles. The number of hydrogen-bond donors (Lipinski definition) is 1. The molecule has 2 aromatic heterocycles. The molecule has 0 radical (unpaired) electrons. The Kier molecular flexibility index (Phi) is 3.73. The predicted molar refractivity (Wildman–Crippen MR) is 69.7 cm³/mol. The Bertz CT molecular complexity index is 508. The van der Waals surface area contributed by atoms with Gasteiger partial charge in [-0.25, -0.2) is 4.98 Å². The molecule has 0 fully saturated rings. The van der Waals surface area contributed by atoms with Gasteiger partial charge in [0.1, 0.15) is 12.1 Å². The highest BCUT2D eigenvalue weighted by atomic mass is 79.9. The first-order chi connectivity index (χ1) is 8.20. The monoisotopic (exact) mass is 295 g/mol. The van der Waals surface area contributed by atoms with Crippen LogP contribution < -0.4 is 5.32 Å². The molecule has 0 atom stereocenters. The minimum atomic E-state index is 0.614. The molecule has 0 aliphatic heterocycles. The maximum Gasteiger partial charge on any atom is 0.152 e. The normalized spacial score (nSPS) is 10.5. The Morgan fingerprint density at radius 2 is 2.29 bits per heavy atom. The van der Waals surface area contributed by atoms with Crippen LogP contribution in [0, 0.1) is 6.92 Å². The Morgan fingerprint density at radius 1 is 1.47 bits per heavy atom. The van der Waals surface area contributed by atoms with Gasteiger partial charge in [0.15, 0.2) is 5.82 Å². The Morgan fingerprint density at radius 3 is 3.00 bits per heavy atom. The van der Waals surface area contributed by atoms with Crippen LogP contribution in [-0.2, 0) is 13.1 Å². The molecule has 0 unspecified atom stereocenters. The van der Waals surface area contributed by atoms with Gasteiger partial charge in [0.2, 0.25) is 0 Å². The molecule has 0 bridgehead atoms. The zero-order valence-electron chi connectivity index (χ0n) is 9.81. The molecule has 0 aliphatic rings. The molecule has 6 heteroatoms. The van der Waals surface area contributed by atoms with E-state index in [0.717, 1.165) is 28.2 Å². The second-order valence-electron chi connectivity index (χ2n) is 3.73. The van der Waals surface area contributed by atoms with Gasteiger partial charge in [0.25, 0.3) is 0 Å². The third-order valence-electron chi connectivity index (χ3n) is 2.43. The number of aromatic nitrogens is 4. The summed E-state index contributed by atoms with van der Waals surface area (Å²) in [4.78, 5) is 4.32. The number of nitrogens with one attached hydrogen (secondary N) is 1. The summed E-state index contributed by atoms with van der Waals surface area (Å²) in [6.07, 6.45) is 3.56. The lowest BCUT2D eigenvalue weighted by atomic mass is 10.3. The van der Waals surface area contributed by atoms with E-state index in [1.54, 1.807) is 6.33 Å². The van der Waals surface area contributed by atoms with Gasteiger partial charge in [0, 0.05) is 12.7 Å². The lowest BCUT2D eigenvalue weighted by Crippen LogP contribution is -2.08. The van der Waals surface area contributed by atoms with E-state index in [2.05, 4.69) is 43.4 Å². The third-order valence-corrected chi connectivity index (χ3v) is 3.03. The van der Waals surface area contributed by atoms with Gasteiger partial charge in [0.05, 0.1) is 11.0 Å². The second kappa shape index (κ2) is 5.27. The second-order valence-corrected chi connectivity index (χ2v) is 4.58. The number of aryl methyl sites for hydroxylation is 2. The molecular formula is C11H14BrN5. The molecule has 2 rings (SSSR count). The summed E-state index contributed by atoms with van der Waals surface area (Å²) in [6, 6.07) is 2.03. The van der Waals surface area contributed by atoms with E-state index in [9.17, 15) is 0 Å². The predicted octanol–water partition coefficient (Wildman–Crippen LogP) is 2.38. The van der Waals surface area contributed by atoms with Gasteiger partial charge in [-0.15, -0.1) is 10.2 Å². The van der Waals surface area contributed by atoms with E-state index in [0.29, 0.717) is 6.54 Å². The number of pyridine rings is 1. The molecule has 2 aromatic rings.